The minimum atomic E-state index is -4.38. The van der Waals surface area contributed by atoms with Crippen LogP contribution in [0.2, 0.25) is 0 Å². The van der Waals surface area contributed by atoms with Gasteiger partial charge in [0, 0.05) is 48.4 Å². The highest BCUT2D eigenvalue weighted by molar-refractivity contribution is 7.86. The minimum absolute atomic E-state index is 0.140. The summed E-state index contributed by atoms with van der Waals surface area (Å²) >= 11 is 0. The fourth-order valence-electron chi connectivity index (χ4n) is 16.9. The summed E-state index contributed by atoms with van der Waals surface area (Å²) in [5, 5.41) is 0. The number of ether oxygens (including phenoxy) is 4. The number of rotatable bonds is 22. The number of nitrogens with two attached hydrogens (primary N) is 4. The van der Waals surface area contributed by atoms with Crippen molar-refractivity contribution in [3.63, 3.8) is 0 Å². The number of carbonyl (C=O) groups excluding carboxylic acids is 8. The Balaban J connectivity index is 0.00000118. The maximum atomic E-state index is 15.6. The molecule has 12 N–H and O–H groups in total. The van der Waals surface area contributed by atoms with Crippen molar-refractivity contribution in [1.82, 2.24) is 78.4 Å². The summed E-state index contributed by atoms with van der Waals surface area (Å²) in [6.07, 6.45) is -5.79. The third-order valence-electron chi connectivity index (χ3n) is 22.2. The summed E-state index contributed by atoms with van der Waals surface area (Å²) in [6, 6.07) is 0.128. The van der Waals surface area contributed by atoms with Gasteiger partial charge in [-0.25, -0.2) is 38.4 Å². The van der Waals surface area contributed by atoms with Crippen molar-refractivity contribution in [3.05, 3.63) is 46.5 Å². The van der Waals surface area contributed by atoms with Crippen molar-refractivity contribution >= 4 is 88.7 Å². The maximum Gasteiger partial charge on any atom is 0.326 e. The first-order valence-electron chi connectivity index (χ1n) is 33.8. The first-order valence-corrected chi connectivity index (χ1v) is 40.3. The van der Waals surface area contributed by atoms with Crippen LogP contribution < -0.4 is 41.9 Å². The molecule has 44 nitrogen and oxygen atoms in total. The van der Waals surface area contributed by atoms with Crippen LogP contribution in [0.1, 0.15) is 75.6 Å². The first kappa shape index (κ1) is 75.5. The number of urea groups is 8. The van der Waals surface area contributed by atoms with Crippen LogP contribution in [-0.2, 0) is 66.7 Å². The zero-order chi connectivity index (χ0) is 76.8. The van der Waals surface area contributed by atoms with E-state index in [1.165, 1.54) is 103 Å². The van der Waals surface area contributed by atoms with Crippen molar-refractivity contribution in [2.24, 2.45) is 22.9 Å². The third-order valence-corrected chi connectivity index (χ3v) is 25.4. The maximum absolute atomic E-state index is 15.6. The number of amides is 16. The van der Waals surface area contributed by atoms with E-state index in [4.69, 9.17) is 41.9 Å². The van der Waals surface area contributed by atoms with Crippen LogP contribution in [0.15, 0.2) is 24.3 Å². The molecule has 2 aromatic rings. The summed E-state index contributed by atoms with van der Waals surface area (Å²) in [5.74, 6) is -2.01. The zero-order valence-electron chi connectivity index (χ0n) is 58.1. The molecule has 16 amide bonds. The van der Waals surface area contributed by atoms with E-state index in [9.17, 15) is 51.9 Å². The van der Waals surface area contributed by atoms with Gasteiger partial charge in [-0.05, 0) is 77.6 Å². The molecule has 11 saturated heterocycles. The fourth-order valence-corrected chi connectivity index (χ4v) is 18.8. The Labute approximate surface area is 608 Å². The van der Waals surface area contributed by atoms with Gasteiger partial charge in [-0.15, -0.1) is 0 Å². The monoisotopic (exact) mass is 1570 g/mol. The molecule has 0 spiro atoms. The molecule has 0 aliphatic carbocycles. The van der Waals surface area contributed by atoms with Gasteiger partial charge in [0.05, 0.1) is 75.6 Å². The summed E-state index contributed by atoms with van der Waals surface area (Å²) < 4.78 is 155. The molecule has 11 fully saturated rings. The largest absolute Gasteiger partial charge is 0.493 e. The van der Waals surface area contributed by atoms with Gasteiger partial charge in [0.15, 0.2) is 47.3 Å². The van der Waals surface area contributed by atoms with Gasteiger partial charge in [-0.3, -0.25) is 96.6 Å². The molecule has 13 aliphatic rings. The molecule has 584 valence electrons. The Kier molecular flexibility index (Phi) is 18.9. The standard InChI is InChI=1S/C54H68N16O24S4.2C2H8N2/c1-51-53(3)67-27-59-41-39-55(43(59)71)25-57-40-42-61(45(57)73)29-69-49(77)65-23-33-34(38(94-16-8-20-98(88,89)90)12-11-37(33)93-15-7-19-97(85,86)87)24-66-50(78)70(54(69,4)52(65,66)2)30-62(42)46(74)58(40)26-56(39)44(72)60(41)28-68(53)48(76)64(51)22-32-31(21-63(51)47(67)75)35(91-13-5-17-95(79,80)81)9-10-36(32)92-14-6-18-96(82,83)84;2*3-1-2-4/h9-12,39-42H,5-8,13-30H2,1-4H3,(H,79,80,81)(H,82,83,84)(H,85,86,87)(H,88,89,90);2*1-4H2. The normalized spacial score (nSPS) is 28.0. The van der Waals surface area contributed by atoms with Crippen molar-refractivity contribution in [2.45, 2.75) is 127 Å². The lowest BCUT2D eigenvalue weighted by Gasteiger charge is -2.49. The quantitative estimate of drug-likeness (QED) is 0.0454. The van der Waals surface area contributed by atoms with Gasteiger partial charge in [-0.1, -0.05) is 0 Å². The van der Waals surface area contributed by atoms with E-state index in [1.807, 2.05) is 0 Å². The van der Waals surface area contributed by atoms with Crippen molar-refractivity contribution in [1.29, 1.82) is 0 Å². The van der Waals surface area contributed by atoms with Gasteiger partial charge in [0.1, 0.15) is 63.0 Å². The highest BCUT2D eigenvalue weighted by atomic mass is 32.2. The van der Waals surface area contributed by atoms with Crippen LogP contribution in [0, 0.1) is 0 Å². The third kappa shape index (κ3) is 11.7. The first-order chi connectivity index (χ1) is 49.8. The second kappa shape index (κ2) is 26.6. The predicted molar refractivity (Wildman–Crippen MR) is 361 cm³/mol. The van der Waals surface area contributed by atoms with Crippen LogP contribution in [0.5, 0.6) is 23.0 Å². The predicted octanol–water partition coefficient (Wildman–Crippen LogP) is -2.30. The molecule has 15 rings (SSSR count). The van der Waals surface area contributed by atoms with E-state index in [-0.39, 0.29) is 101 Å². The smallest absolute Gasteiger partial charge is 0.326 e. The Bertz CT molecular complexity index is 3960. The fraction of sp³-hybridized carbons (Fsp3) is 0.655. The van der Waals surface area contributed by atoms with Crippen LogP contribution in [-0.4, -0.2) is 341 Å². The van der Waals surface area contributed by atoms with Gasteiger partial charge < -0.3 is 41.9 Å². The van der Waals surface area contributed by atoms with Crippen molar-refractivity contribution in [3.8, 4) is 23.0 Å². The molecule has 106 heavy (non-hydrogen) atoms. The molecule has 2 aromatic carbocycles. The van der Waals surface area contributed by atoms with Crippen molar-refractivity contribution in [2.75, 3.05) is 116 Å². The summed E-state index contributed by atoms with van der Waals surface area (Å²) in [5.41, 5.74) is 14.1. The van der Waals surface area contributed by atoms with E-state index in [0.717, 1.165) is 0 Å². The van der Waals surface area contributed by atoms with Crippen LogP contribution in [0.4, 0.5) is 38.4 Å². The molecule has 13 heterocycles. The average molecular weight is 1570 g/mol. The highest BCUT2D eigenvalue weighted by Gasteiger charge is 2.80. The Morgan fingerprint density at radius 2 is 0.500 bits per heavy atom. The van der Waals surface area contributed by atoms with Gasteiger partial charge >= 0.3 is 48.2 Å². The lowest BCUT2D eigenvalue weighted by molar-refractivity contribution is -0.0871. The lowest BCUT2D eigenvalue weighted by atomic mass is 9.95. The SMILES string of the molecule is CC12N3Cc4c(OCCCS(=O)(=O)O)ccc(OCCCS(=O)(=O)O)c4CN1C(=O)N1CN4C(=O)N5CN6C(=O)N7CN8C(=O)N9Cc%10c(OCCCS(=O)(=O)O)ccc(OCCCS(=O)(=O)O)c%10CN%10C(=O)N(CN%11C(=O)N(CN%12C(=O)N(CN(C3=O)C12C)C4C%125)C6C%117)C8(C)C%109C.NCCN.NCCN. The van der Waals surface area contributed by atoms with Crippen molar-refractivity contribution < 1.29 is 109 Å². The van der Waals surface area contributed by atoms with E-state index in [0.29, 0.717) is 48.4 Å². The highest BCUT2D eigenvalue weighted by Crippen LogP contribution is 2.60. The Morgan fingerprint density at radius 1 is 0.321 bits per heavy atom. The van der Waals surface area contributed by atoms with E-state index >= 15 is 38.4 Å². The van der Waals surface area contributed by atoms with Crippen LogP contribution in [0.25, 0.3) is 0 Å². The molecule has 0 aromatic heterocycles. The minimum Gasteiger partial charge on any atom is -0.493 e. The lowest BCUT2D eigenvalue weighted by Crippen LogP contribution is -2.69. The molecule has 13 aliphatic heterocycles. The average Bonchev–Trinajstić information content (AvgIpc) is 1.49. The number of hydrogen-bond donors (Lipinski definition) is 8. The van der Waals surface area contributed by atoms with E-state index in [1.54, 1.807) is 27.7 Å². The number of hydrogen-bond acceptors (Lipinski definition) is 24. The van der Waals surface area contributed by atoms with Crippen LogP contribution >= 0.6 is 0 Å². The Hall–Kier alpha value is -8.72. The number of benzene rings is 2. The molecule has 0 radical (unpaired) electrons. The molecular weight excluding hydrogens is 1490 g/mol. The van der Waals surface area contributed by atoms with Gasteiger partial charge in [0.25, 0.3) is 40.5 Å². The zero-order valence-corrected chi connectivity index (χ0v) is 61.3. The summed E-state index contributed by atoms with van der Waals surface area (Å²) in [7, 11) is -17.5. The number of nitrogens with zero attached hydrogens (tertiary/aromatic N) is 16. The Morgan fingerprint density at radius 3 is 0.679 bits per heavy atom. The second-order valence-corrected chi connectivity index (χ2v) is 34.1. The molecule has 48 heteroatoms. The van der Waals surface area contributed by atoms with E-state index < -0.39 is 199 Å². The molecule has 0 unspecified atom stereocenters. The topological polar surface area (TPSA) is 547 Å². The summed E-state index contributed by atoms with van der Waals surface area (Å²) in [4.78, 5) is 146. The van der Waals surface area contributed by atoms with Gasteiger partial charge in [0.2, 0.25) is 0 Å². The molecular formula is C58H84N20O24S4. The number of fused-ring (bicyclic) bond motifs is 2. The molecule has 0 saturated carbocycles. The van der Waals surface area contributed by atoms with E-state index in [2.05, 4.69) is 0 Å². The second-order valence-electron chi connectivity index (χ2n) is 27.8. The molecule has 0 bridgehead atoms. The van der Waals surface area contributed by atoms with Crippen LogP contribution in [0.3, 0.4) is 0 Å². The number of carbonyl (C=O) groups is 8. The van der Waals surface area contributed by atoms with Gasteiger partial charge in [-0.2, -0.15) is 33.7 Å². The summed E-state index contributed by atoms with van der Waals surface area (Å²) in [6.45, 7) is 3.39. The molecule has 0 atom stereocenters.